The topological polar surface area (TPSA) is 77.1 Å². The Hall–Kier alpha value is -2.56. The highest BCUT2D eigenvalue weighted by Gasteiger charge is 2.16. The number of aromatic nitrogens is 1. The molecule has 3 N–H and O–H groups in total. The molecule has 0 saturated carbocycles. The van der Waals surface area contributed by atoms with Crippen molar-refractivity contribution >= 4 is 11.8 Å². The zero-order valence-electron chi connectivity index (χ0n) is 13.8. The maximum absolute atomic E-state index is 12.3. The second-order valence-electron chi connectivity index (χ2n) is 5.78. The van der Waals surface area contributed by atoms with Gasteiger partial charge in [0.1, 0.15) is 0 Å². The normalized spacial score (nSPS) is 10.6. The second kappa shape index (κ2) is 7.13. The summed E-state index contributed by atoms with van der Waals surface area (Å²) in [5, 5.41) is 2.84. The standard InChI is InChI=1S/C18H23N3O2/c1-12-6-8-15(9-7-12)21-13(2)11-16(14(21)3)18(23)20-10-4-5-17(19)22/h6-9,11H,4-5,10H2,1-3H3,(H2,19,22)(H,20,23). The molecule has 5 nitrogen and oxygen atoms in total. The fourth-order valence-corrected chi connectivity index (χ4v) is 2.64. The van der Waals surface area contributed by atoms with E-state index in [-0.39, 0.29) is 18.2 Å². The molecular formula is C18H23N3O2. The summed E-state index contributed by atoms with van der Waals surface area (Å²) in [6.45, 7) is 6.40. The van der Waals surface area contributed by atoms with Crippen LogP contribution in [0.1, 0.15) is 40.2 Å². The Morgan fingerprint density at radius 1 is 1.13 bits per heavy atom. The number of nitrogens with zero attached hydrogens (tertiary/aromatic N) is 1. The molecule has 0 fully saturated rings. The SMILES string of the molecule is Cc1ccc(-n2c(C)cc(C(=O)NCCCC(N)=O)c2C)cc1. The van der Waals surface area contributed by atoms with Crippen molar-refractivity contribution in [2.24, 2.45) is 5.73 Å². The zero-order valence-corrected chi connectivity index (χ0v) is 13.8. The van der Waals surface area contributed by atoms with E-state index < -0.39 is 0 Å². The summed E-state index contributed by atoms with van der Waals surface area (Å²) in [5.74, 6) is -0.474. The zero-order chi connectivity index (χ0) is 17.0. The minimum absolute atomic E-state index is 0.124. The first-order valence-corrected chi connectivity index (χ1v) is 7.72. The molecule has 2 aromatic rings. The van der Waals surface area contributed by atoms with Crippen molar-refractivity contribution in [3.05, 3.63) is 52.8 Å². The third-order valence-corrected chi connectivity index (χ3v) is 3.85. The second-order valence-corrected chi connectivity index (χ2v) is 5.78. The van der Waals surface area contributed by atoms with Crippen molar-refractivity contribution in [3.63, 3.8) is 0 Å². The van der Waals surface area contributed by atoms with Crippen LogP contribution in [-0.4, -0.2) is 22.9 Å². The fraction of sp³-hybridized carbons (Fsp3) is 0.333. The molecule has 0 radical (unpaired) electrons. The van der Waals surface area contributed by atoms with Gasteiger partial charge >= 0.3 is 0 Å². The van der Waals surface area contributed by atoms with E-state index in [0.717, 1.165) is 17.1 Å². The first kappa shape index (κ1) is 16.8. The molecule has 0 atom stereocenters. The Labute approximate surface area is 136 Å². The van der Waals surface area contributed by atoms with Crippen molar-refractivity contribution in [1.82, 2.24) is 9.88 Å². The fourth-order valence-electron chi connectivity index (χ4n) is 2.64. The number of carbonyl (C=O) groups is 2. The van der Waals surface area contributed by atoms with Crippen molar-refractivity contribution in [3.8, 4) is 5.69 Å². The number of carbonyl (C=O) groups excluding carboxylic acids is 2. The predicted octanol–water partition coefficient (Wildman–Crippen LogP) is 2.40. The Kier molecular flexibility index (Phi) is 5.21. The van der Waals surface area contributed by atoms with E-state index in [4.69, 9.17) is 5.73 Å². The van der Waals surface area contributed by atoms with Crippen molar-refractivity contribution in [2.75, 3.05) is 6.54 Å². The highest BCUT2D eigenvalue weighted by atomic mass is 16.2. The van der Waals surface area contributed by atoms with E-state index in [9.17, 15) is 9.59 Å². The van der Waals surface area contributed by atoms with Gasteiger partial charge in [0.25, 0.3) is 5.91 Å². The quantitative estimate of drug-likeness (QED) is 0.803. The van der Waals surface area contributed by atoms with Crippen LogP contribution in [0.2, 0.25) is 0 Å². The van der Waals surface area contributed by atoms with Gasteiger partial charge in [-0.05, 0) is 45.4 Å². The third kappa shape index (κ3) is 4.00. The lowest BCUT2D eigenvalue weighted by molar-refractivity contribution is -0.118. The monoisotopic (exact) mass is 313 g/mol. The van der Waals surface area contributed by atoms with E-state index in [1.807, 2.05) is 39.0 Å². The average Bonchev–Trinajstić information content (AvgIpc) is 2.79. The molecule has 2 rings (SSSR count). The highest BCUT2D eigenvalue weighted by molar-refractivity contribution is 5.95. The van der Waals surface area contributed by atoms with Crippen molar-refractivity contribution in [2.45, 2.75) is 33.6 Å². The van der Waals surface area contributed by atoms with Crippen LogP contribution < -0.4 is 11.1 Å². The highest BCUT2D eigenvalue weighted by Crippen LogP contribution is 2.21. The first-order chi connectivity index (χ1) is 10.9. The van der Waals surface area contributed by atoms with E-state index in [0.29, 0.717) is 18.5 Å². The number of nitrogens with one attached hydrogen (secondary N) is 1. The number of aryl methyl sites for hydroxylation is 2. The van der Waals surface area contributed by atoms with Crippen molar-refractivity contribution in [1.29, 1.82) is 0 Å². The molecule has 1 aromatic carbocycles. The van der Waals surface area contributed by atoms with E-state index in [1.165, 1.54) is 5.56 Å². The van der Waals surface area contributed by atoms with Gasteiger partial charge < -0.3 is 15.6 Å². The summed E-state index contributed by atoms with van der Waals surface area (Å²) >= 11 is 0. The lowest BCUT2D eigenvalue weighted by Gasteiger charge is -2.10. The van der Waals surface area contributed by atoms with E-state index in [1.54, 1.807) is 0 Å². The molecule has 0 bridgehead atoms. The average molecular weight is 313 g/mol. The number of hydrogen-bond donors (Lipinski definition) is 2. The summed E-state index contributed by atoms with van der Waals surface area (Å²) < 4.78 is 2.07. The van der Waals surface area contributed by atoms with Gasteiger partial charge in [0, 0.05) is 30.0 Å². The summed E-state index contributed by atoms with van der Waals surface area (Å²) in [6, 6.07) is 10.1. The van der Waals surface area contributed by atoms with Gasteiger partial charge in [0.05, 0.1) is 5.56 Å². The number of nitrogens with two attached hydrogens (primary N) is 1. The minimum Gasteiger partial charge on any atom is -0.370 e. The molecule has 23 heavy (non-hydrogen) atoms. The lowest BCUT2D eigenvalue weighted by Crippen LogP contribution is -2.26. The summed E-state index contributed by atoms with van der Waals surface area (Å²) in [6.07, 6.45) is 0.834. The maximum Gasteiger partial charge on any atom is 0.253 e. The van der Waals surface area contributed by atoms with Crippen LogP contribution in [0.3, 0.4) is 0 Å². The molecule has 0 aliphatic carbocycles. The van der Waals surface area contributed by atoms with Gasteiger partial charge in [-0.2, -0.15) is 0 Å². The van der Waals surface area contributed by atoms with E-state index in [2.05, 4.69) is 22.0 Å². The largest absolute Gasteiger partial charge is 0.370 e. The summed E-state index contributed by atoms with van der Waals surface area (Å²) in [4.78, 5) is 23.0. The molecule has 0 aliphatic rings. The Morgan fingerprint density at radius 2 is 1.78 bits per heavy atom. The molecule has 2 amide bonds. The van der Waals surface area contributed by atoms with Crippen LogP contribution in [0.4, 0.5) is 0 Å². The van der Waals surface area contributed by atoms with Gasteiger partial charge in [0.2, 0.25) is 5.91 Å². The molecule has 122 valence electrons. The van der Waals surface area contributed by atoms with Crippen LogP contribution in [-0.2, 0) is 4.79 Å². The Balaban J connectivity index is 2.15. The van der Waals surface area contributed by atoms with Gasteiger partial charge in [-0.3, -0.25) is 9.59 Å². The Bertz CT molecular complexity index is 715. The minimum atomic E-state index is -0.350. The van der Waals surface area contributed by atoms with Gasteiger partial charge in [-0.15, -0.1) is 0 Å². The number of hydrogen-bond acceptors (Lipinski definition) is 2. The molecule has 1 aromatic heterocycles. The summed E-state index contributed by atoms with van der Waals surface area (Å²) in [7, 11) is 0. The van der Waals surface area contributed by atoms with E-state index >= 15 is 0 Å². The van der Waals surface area contributed by atoms with Crippen molar-refractivity contribution < 1.29 is 9.59 Å². The van der Waals surface area contributed by atoms with Crippen LogP contribution in [0.15, 0.2) is 30.3 Å². The number of rotatable bonds is 6. The lowest BCUT2D eigenvalue weighted by atomic mass is 10.2. The molecule has 0 saturated heterocycles. The van der Waals surface area contributed by atoms with Crippen LogP contribution in [0, 0.1) is 20.8 Å². The molecule has 0 unspecified atom stereocenters. The number of benzene rings is 1. The first-order valence-electron chi connectivity index (χ1n) is 7.72. The van der Waals surface area contributed by atoms with Gasteiger partial charge in [-0.25, -0.2) is 0 Å². The number of amides is 2. The smallest absolute Gasteiger partial charge is 0.253 e. The predicted molar refractivity (Wildman–Crippen MR) is 90.7 cm³/mol. The molecular weight excluding hydrogens is 290 g/mol. The number of primary amides is 1. The Morgan fingerprint density at radius 3 is 2.39 bits per heavy atom. The van der Waals surface area contributed by atoms with Crippen LogP contribution in [0.25, 0.3) is 5.69 Å². The van der Waals surface area contributed by atoms with Gasteiger partial charge in [-0.1, -0.05) is 17.7 Å². The van der Waals surface area contributed by atoms with Crippen LogP contribution >= 0.6 is 0 Å². The third-order valence-electron chi connectivity index (χ3n) is 3.85. The molecule has 0 aliphatic heterocycles. The summed E-state index contributed by atoms with van der Waals surface area (Å²) in [5.41, 5.74) is 9.89. The van der Waals surface area contributed by atoms with Gasteiger partial charge in [0.15, 0.2) is 0 Å². The molecule has 1 heterocycles. The maximum atomic E-state index is 12.3. The molecule has 0 spiro atoms. The van der Waals surface area contributed by atoms with Crippen LogP contribution in [0.5, 0.6) is 0 Å². The molecule has 5 heteroatoms.